The number of nitrogens with one attached hydrogen (secondary N) is 1. The van der Waals surface area contributed by atoms with Crippen LogP contribution in [0.2, 0.25) is 0 Å². The summed E-state index contributed by atoms with van der Waals surface area (Å²) in [6.45, 7) is 1.57. The van der Waals surface area contributed by atoms with E-state index in [4.69, 9.17) is 9.92 Å². The van der Waals surface area contributed by atoms with Crippen LogP contribution in [0.15, 0.2) is 59.5 Å². The van der Waals surface area contributed by atoms with Crippen LogP contribution in [0.5, 0.6) is 5.75 Å². The van der Waals surface area contributed by atoms with Gasteiger partial charge in [-0.15, -0.1) is 0 Å². The van der Waals surface area contributed by atoms with Gasteiger partial charge in [0, 0.05) is 5.69 Å². The van der Waals surface area contributed by atoms with Gasteiger partial charge in [-0.1, -0.05) is 18.2 Å². The van der Waals surface area contributed by atoms with Crippen LogP contribution in [-0.4, -0.2) is 20.4 Å². The van der Waals surface area contributed by atoms with Crippen molar-refractivity contribution in [3.63, 3.8) is 0 Å². The summed E-state index contributed by atoms with van der Waals surface area (Å²) in [4.78, 5) is 11.5. The zero-order valence-corrected chi connectivity index (χ0v) is 12.7. The standard InChI is InChI=1S/C15H16N2O4S/c1-11(16)15(18)17-12-7-9-13(10-8-12)21-22(19,20)14-5-3-2-4-6-14/h2-11H,16H2,1H3,(H,17,18). The summed E-state index contributed by atoms with van der Waals surface area (Å²) >= 11 is 0. The molecule has 1 amide bonds. The summed E-state index contributed by atoms with van der Waals surface area (Å²) in [5, 5.41) is 2.59. The highest BCUT2D eigenvalue weighted by Crippen LogP contribution is 2.20. The average molecular weight is 320 g/mol. The summed E-state index contributed by atoms with van der Waals surface area (Å²) in [5.41, 5.74) is 5.95. The third-order valence-corrected chi connectivity index (χ3v) is 4.03. The Bertz CT molecular complexity index is 741. The smallest absolute Gasteiger partial charge is 0.339 e. The third-order valence-electron chi connectivity index (χ3n) is 2.77. The van der Waals surface area contributed by atoms with E-state index in [0.29, 0.717) is 5.69 Å². The van der Waals surface area contributed by atoms with Gasteiger partial charge < -0.3 is 15.2 Å². The average Bonchev–Trinajstić information content (AvgIpc) is 2.50. The number of benzene rings is 2. The number of nitrogens with two attached hydrogens (primary N) is 1. The van der Waals surface area contributed by atoms with E-state index in [9.17, 15) is 13.2 Å². The molecule has 0 radical (unpaired) electrons. The minimum Gasteiger partial charge on any atom is -0.379 e. The lowest BCUT2D eigenvalue weighted by atomic mass is 10.2. The summed E-state index contributed by atoms with van der Waals surface area (Å²) < 4.78 is 29.1. The Balaban J connectivity index is 2.10. The lowest BCUT2D eigenvalue weighted by Crippen LogP contribution is -2.32. The number of carbonyl (C=O) groups excluding carboxylic acids is 1. The first-order valence-electron chi connectivity index (χ1n) is 6.54. The van der Waals surface area contributed by atoms with E-state index < -0.39 is 16.2 Å². The van der Waals surface area contributed by atoms with Crippen molar-refractivity contribution in [2.24, 2.45) is 5.73 Å². The Morgan fingerprint density at radius 2 is 1.68 bits per heavy atom. The molecule has 0 aromatic heterocycles. The van der Waals surface area contributed by atoms with Gasteiger partial charge in [-0.05, 0) is 43.3 Å². The van der Waals surface area contributed by atoms with Crippen molar-refractivity contribution >= 4 is 21.7 Å². The molecule has 0 saturated carbocycles. The van der Waals surface area contributed by atoms with Crippen molar-refractivity contribution in [1.82, 2.24) is 0 Å². The lowest BCUT2D eigenvalue weighted by molar-refractivity contribution is -0.117. The maximum Gasteiger partial charge on any atom is 0.339 e. The van der Waals surface area contributed by atoms with Crippen LogP contribution < -0.4 is 15.2 Å². The van der Waals surface area contributed by atoms with Gasteiger partial charge in [0.25, 0.3) is 0 Å². The molecule has 6 nitrogen and oxygen atoms in total. The van der Waals surface area contributed by atoms with E-state index in [1.54, 1.807) is 25.1 Å². The van der Waals surface area contributed by atoms with E-state index >= 15 is 0 Å². The van der Waals surface area contributed by atoms with Crippen LogP contribution in [0.25, 0.3) is 0 Å². The molecule has 7 heteroatoms. The number of carbonyl (C=O) groups is 1. The second-order valence-electron chi connectivity index (χ2n) is 4.65. The molecule has 3 N–H and O–H groups in total. The fraction of sp³-hybridized carbons (Fsp3) is 0.133. The number of rotatable bonds is 5. The summed E-state index contributed by atoms with van der Waals surface area (Å²) in [6.07, 6.45) is 0. The molecule has 0 aliphatic heterocycles. The van der Waals surface area contributed by atoms with E-state index in [1.807, 2.05) is 0 Å². The first-order valence-corrected chi connectivity index (χ1v) is 7.95. The second-order valence-corrected chi connectivity index (χ2v) is 6.20. The van der Waals surface area contributed by atoms with Crippen molar-refractivity contribution in [3.8, 4) is 5.75 Å². The molecule has 2 rings (SSSR count). The maximum atomic E-state index is 12.0. The van der Waals surface area contributed by atoms with Crippen molar-refractivity contribution < 1.29 is 17.4 Å². The first-order chi connectivity index (χ1) is 10.4. The zero-order valence-electron chi connectivity index (χ0n) is 11.9. The highest BCUT2D eigenvalue weighted by molar-refractivity contribution is 7.87. The minimum atomic E-state index is -3.87. The van der Waals surface area contributed by atoms with Gasteiger partial charge in [0.05, 0.1) is 6.04 Å². The number of amides is 1. The number of hydrogen-bond donors (Lipinski definition) is 2. The molecule has 0 fully saturated rings. The molecule has 0 aliphatic carbocycles. The molecule has 0 bridgehead atoms. The van der Waals surface area contributed by atoms with Crippen LogP contribution in [0, 0.1) is 0 Å². The van der Waals surface area contributed by atoms with Crippen LogP contribution in [0.3, 0.4) is 0 Å². The van der Waals surface area contributed by atoms with E-state index in [2.05, 4.69) is 5.32 Å². The number of anilines is 1. The van der Waals surface area contributed by atoms with Crippen LogP contribution in [-0.2, 0) is 14.9 Å². The monoisotopic (exact) mass is 320 g/mol. The Hall–Kier alpha value is -2.38. The maximum absolute atomic E-state index is 12.0. The van der Waals surface area contributed by atoms with E-state index in [1.165, 1.54) is 36.4 Å². The molecule has 1 atom stereocenters. The summed E-state index contributed by atoms with van der Waals surface area (Å²) in [5.74, 6) is -0.173. The van der Waals surface area contributed by atoms with Gasteiger partial charge in [0.2, 0.25) is 5.91 Å². The highest BCUT2D eigenvalue weighted by Gasteiger charge is 2.16. The molecule has 0 heterocycles. The normalized spacial score (nSPS) is 12.5. The fourth-order valence-corrected chi connectivity index (χ4v) is 2.56. The zero-order chi connectivity index (χ0) is 16.2. The van der Waals surface area contributed by atoms with Crippen molar-refractivity contribution in [2.45, 2.75) is 17.9 Å². The molecule has 0 aliphatic rings. The SMILES string of the molecule is CC(N)C(=O)Nc1ccc(OS(=O)(=O)c2ccccc2)cc1. The van der Waals surface area contributed by atoms with Gasteiger partial charge in [0.15, 0.2) is 0 Å². The highest BCUT2D eigenvalue weighted by atomic mass is 32.2. The topological polar surface area (TPSA) is 98.5 Å². The first kappa shape index (κ1) is 16.0. The van der Waals surface area contributed by atoms with Gasteiger partial charge in [0.1, 0.15) is 10.6 Å². The predicted octanol–water partition coefficient (Wildman–Crippen LogP) is 1.74. The molecule has 0 saturated heterocycles. The molecular weight excluding hydrogens is 304 g/mol. The van der Waals surface area contributed by atoms with Gasteiger partial charge >= 0.3 is 10.1 Å². The molecule has 22 heavy (non-hydrogen) atoms. The van der Waals surface area contributed by atoms with Crippen LogP contribution in [0.4, 0.5) is 5.69 Å². The van der Waals surface area contributed by atoms with Gasteiger partial charge in [-0.25, -0.2) is 0 Å². The van der Waals surface area contributed by atoms with Gasteiger partial charge in [-0.2, -0.15) is 8.42 Å². The second kappa shape index (κ2) is 6.59. The molecular formula is C15H16N2O4S. The quantitative estimate of drug-likeness (QED) is 0.818. The third kappa shape index (κ3) is 4.06. The van der Waals surface area contributed by atoms with Crippen LogP contribution >= 0.6 is 0 Å². The molecule has 2 aromatic carbocycles. The lowest BCUT2D eigenvalue weighted by Gasteiger charge is -2.09. The molecule has 1 unspecified atom stereocenters. The predicted molar refractivity (Wildman–Crippen MR) is 83.0 cm³/mol. The Morgan fingerprint density at radius 1 is 1.09 bits per heavy atom. The largest absolute Gasteiger partial charge is 0.379 e. The Kier molecular flexibility index (Phi) is 4.79. The van der Waals surface area contributed by atoms with Crippen molar-refractivity contribution in [2.75, 3.05) is 5.32 Å². The summed E-state index contributed by atoms with van der Waals surface area (Å²) in [6, 6.07) is 13.2. The molecule has 0 spiro atoms. The Morgan fingerprint density at radius 3 is 2.23 bits per heavy atom. The number of hydrogen-bond acceptors (Lipinski definition) is 5. The molecule has 116 valence electrons. The van der Waals surface area contributed by atoms with Crippen molar-refractivity contribution in [1.29, 1.82) is 0 Å². The van der Waals surface area contributed by atoms with Crippen LogP contribution in [0.1, 0.15) is 6.92 Å². The van der Waals surface area contributed by atoms with Crippen molar-refractivity contribution in [3.05, 3.63) is 54.6 Å². The molecule has 2 aromatic rings. The minimum absolute atomic E-state index is 0.0735. The van der Waals surface area contributed by atoms with E-state index in [0.717, 1.165) is 0 Å². The summed E-state index contributed by atoms with van der Waals surface area (Å²) in [7, 11) is -3.87. The van der Waals surface area contributed by atoms with Gasteiger partial charge in [-0.3, -0.25) is 4.79 Å². The van der Waals surface area contributed by atoms with E-state index in [-0.39, 0.29) is 16.6 Å². The fourth-order valence-electron chi connectivity index (χ4n) is 1.61. The Labute approximate surface area is 129 Å².